The molecule has 0 spiro atoms. The molecule has 0 amide bonds. The van der Waals surface area contributed by atoms with E-state index in [0.717, 1.165) is 19.5 Å². The van der Waals surface area contributed by atoms with Crippen molar-refractivity contribution in [2.45, 2.75) is 12.5 Å². The first kappa shape index (κ1) is 11.8. The molecule has 1 aromatic heterocycles. The van der Waals surface area contributed by atoms with E-state index in [1.165, 1.54) is 0 Å². The molecule has 88 valence electrons. The molecule has 1 fully saturated rings. The fourth-order valence-electron chi connectivity index (χ4n) is 1.81. The van der Waals surface area contributed by atoms with Gasteiger partial charge >= 0.3 is 0 Å². The number of hydrogen-bond donors (Lipinski definition) is 1. The minimum absolute atomic E-state index is 0.231. The number of hydrogen-bond acceptors (Lipinski definition) is 4. The fourth-order valence-corrected chi connectivity index (χ4v) is 2.28. The van der Waals surface area contributed by atoms with Crippen LogP contribution in [0.3, 0.4) is 0 Å². The number of aromatic nitrogens is 1. The molecule has 1 unspecified atom stereocenters. The summed E-state index contributed by atoms with van der Waals surface area (Å²) in [5, 5.41) is 0.909. The van der Waals surface area contributed by atoms with Crippen LogP contribution in [0.25, 0.3) is 0 Å². The van der Waals surface area contributed by atoms with E-state index in [9.17, 15) is 0 Å². The Kier molecular flexibility index (Phi) is 3.42. The second kappa shape index (κ2) is 4.65. The zero-order chi connectivity index (χ0) is 11.7. The smallest absolute Gasteiger partial charge is 0.150 e. The molecule has 0 aliphatic carbocycles. The van der Waals surface area contributed by atoms with Gasteiger partial charge in [-0.05, 0) is 12.5 Å². The first-order chi connectivity index (χ1) is 7.61. The Bertz CT molecular complexity index is 400. The highest BCUT2D eigenvalue weighted by Gasteiger charge is 2.25. The van der Waals surface area contributed by atoms with Crippen molar-refractivity contribution in [3.05, 3.63) is 16.1 Å². The summed E-state index contributed by atoms with van der Waals surface area (Å²) in [6.45, 7) is 1.65. The van der Waals surface area contributed by atoms with Gasteiger partial charge in [0.25, 0.3) is 0 Å². The van der Waals surface area contributed by atoms with E-state index < -0.39 is 0 Å². The highest BCUT2D eigenvalue weighted by Crippen LogP contribution is 2.32. The van der Waals surface area contributed by atoms with Gasteiger partial charge in [-0.1, -0.05) is 23.2 Å². The lowest BCUT2D eigenvalue weighted by Crippen LogP contribution is -2.23. The van der Waals surface area contributed by atoms with Gasteiger partial charge in [-0.15, -0.1) is 0 Å². The molecule has 1 saturated heterocycles. The second-order valence-electron chi connectivity index (χ2n) is 3.75. The Morgan fingerprint density at radius 1 is 1.50 bits per heavy atom. The average Bonchev–Trinajstić information content (AvgIpc) is 2.71. The largest absolute Gasteiger partial charge is 0.382 e. The highest BCUT2D eigenvalue weighted by molar-refractivity contribution is 6.37. The van der Waals surface area contributed by atoms with Crippen LogP contribution in [-0.2, 0) is 4.74 Å². The minimum atomic E-state index is 0.231. The molecule has 6 heteroatoms. The van der Waals surface area contributed by atoms with E-state index in [-0.39, 0.29) is 6.10 Å². The summed E-state index contributed by atoms with van der Waals surface area (Å²) >= 11 is 11.9. The summed E-state index contributed by atoms with van der Waals surface area (Å²) in [7, 11) is 1.71. The predicted molar refractivity (Wildman–Crippen MR) is 66.3 cm³/mol. The first-order valence-electron chi connectivity index (χ1n) is 5.01. The molecule has 1 atom stereocenters. The number of methoxy groups -OCH3 is 1. The molecule has 4 nitrogen and oxygen atoms in total. The van der Waals surface area contributed by atoms with Crippen LogP contribution in [0.1, 0.15) is 6.42 Å². The van der Waals surface area contributed by atoms with Gasteiger partial charge < -0.3 is 15.4 Å². The Hall–Kier alpha value is -0.710. The molecule has 2 N–H and O–H groups in total. The van der Waals surface area contributed by atoms with Crippen molar-refractivity contribution < 1.29 is 4.74 Å². The molecule has 2 rings (SSSR count). The van der Waals surface area contributed by atoms with Crippen molar-refractivity contribution in [1.29, 1.82) is 0 Å². The number of halogens is 2. The number of nitrogen functional groups attached to an aromatic ring is 1. The molecule has 0 bridgehead atoms. The molecule has 2 heterocycles. The fraction of sp³-hybridized carbons (Fsp3) is 0.500. The maximum absolute atomic E-state index is 6.09. The van der Waals surface area contributed by atoms with Gasteiger partial charge in [0.2, 0.25) is 0 Å². The van der Waals surface area contributed by atoms with Gasteiger partial charge in [0.15, 0.2) is 0 Å². The van der Waals surface area contributed by atoms with Gasteiger partial charge in [-0.3, -0.25) is 0 Å². The van der Waals surface area contributed by atoms with Gasteiger partial charge in [0, 0.05) is 20.2 Å². The first-order valence-corrected chi connectivity index (χ1v) is 5.76. The molecule has 1 aliphatic heterocycles. The lowest BCUT2D eigenvalue weighted by Gasteiger charge is -2.19. The van der Waals surface area contributed by atoms with Crippen molar-refractivity contribution in [3.63, 3.8) is 0 Å². The summed E-state index contributed by atoms with van der Waals surface area (Å²) in [6.07, 6.45) is 1.20. The van der Waals surface area contributed by atoms with E-state index in [0.29, 0.717) is 21.7 Å². The number of rotatable bonds is 2. The average molecular weight is 262 g/mol. The van der Waals surface area contributed by atoms with Crippen molar-refractivity contribution >= 4 is 34.8 Å². The topological polar surface area (TPSA) is 51.4 Å². The van der Waals surface area contributed by atoms with E-state index in [1.807, 2.05) is 0 Å². The zero-order valence-electron chi connectivity index (χ0n) is 8.91. The molecular formula is C10H13Cl2N3O. The van der Waals surface area contributed by atoms with Crippen LogP contribution in [-0.4, -0.2) is 31.3 Å². The monoisotopic (exact) mass is 261 g/mol. The highest BCUT2D eigenvalue weighted by atomic mass is 35.5. The van der Waals surface area contributed by atoms with Crippen molar-refractivity contribution in [3.8, 4) is 0 Å². The molecule has 1 aromatic rings. The quantitative estimate of drug-likeness (QED) is 0.887. The third-order valence-electron chi connectivity index (χ3n) is 2.72. The van der Waals surface area contributed by atoms with Crippen molar-refractivity contribution in [1.82, 2.24) is 4.98 Å². The number of nitrogens with zero attached hydrogens (tertiary/aromatic N) is 2. The second-order valence-corrected chi connectivity index (χ2v) is 4.57. The van der Waals surface area contributed by atoms with E-state index in [4.69, 9.17) is 33.7 Å². The third kappa shape index (κ3) is 2.19. The standard InChI is InChI=1S/C10H13Cl2N3O/c1-16-6-2-3-15(5-6)10-8(12)4-7(11)9(13)14-10/h4,6H,2-3,5H2,1H3,(H2,13,14). The van der Waals surface area contributed by atoms with E-state index >= 15 is 0 Å². The SMILES string of the molecule is COC1CCN(c2nc(N)c(Cl)cc2Cl)C1. The van der Waals surface area contributed by atoms with Crippen LogP contribution < -0.4 is 10.6 Å². The summed E-state index contributed by atoms with van der Waals surface area (Å²) < 4.78 is 5.29. The van der Waals surface area contributed by atoms with Crippen molar-refractivity contribution in [2.24, 2.45) is 0 Å². The van der Waals surface area contributed by atoms with Crippen LogP contribution >= 0.6 is 23.2 Å². The van der Waals surface area contributed by atoms with E-state index in [2.05, 4.69) is 9.88 Å². The maximum atomic E-state index is 6.09. The van der Waals surface area contributed by atoms with Crippen LogP contribution in [0.4, 0.5) is 11.6 Å². The molecule has 0 aromatic carbocycles. The Balaban J connectivity index is 2.24. The van der Waals surface area contributed by atoms with Crippen LogP contribution in [0.2, 0.25) is 10.0 Å². The predicted octanol–water partition coefficient (Wildman–Crippen LogP) is 2.20. The number of nitrogens with two attached hydrogens (primary N) is 1. The molecule has 16 heavy (non-hydrogen) atoms. The van der Waals surface area contributed by atoms with Gasteiger partial charge in [0.05, 0.1) is 16.1 Å². The molecular weight excluding hydrogens is 249 g/mol. The third-order valence-corrected chi connectivity index (χ3v) is 3.30. The maximum Gasteiger partial charge on any atom is 0.150 e. The summed E-state index contributed by atoms with van der Waals surface area (Å²) in [5.74, 6) is 0.991. The lowest BCUT2D eigenvalue weighted by molar-refractivity contribution is 0.121. The van der Waals surface area contributed by atoms with Crippen LogP contribution in [0.15, 0.2) is 6.07 Å². The van der Waals surface area contributed by atoms with Gasteiger partial charge in [-0.25, -0.2) is 4.98 Å². The summed E-state index contributed by atoms with van der Waals surface area (Å²) in [6, 6.07) is 1.63. The number of pyridine rings is 1. The lowest BCUT2D eigenvalue weighted by atomic mass is 10.3. The summed E-state index contributed by atoms with van der Waals surface area (Å²) in [4.78, 5) is 6.27. The number of anilines is 2. The summed E-state index contributed by atoms with van der Waals surface area (Å²) in [5.41, 5.74) is 5.66. The zero-order valence-corrected chi connectivity index (χ0v) is 10.4. The normalized spacial score (nSPS) is 20.4. The van der Waals surface area contributed by atoms with Crippen molar-refractivity contribution in [2.75, 3.05) is 30.8 Å². The van der Waals surface area contributed by atoms with Gasteiger partial charge in [-0.2, -0.15) is 0 Å². The Labute approximate surface area is 104 Å². The molecule has 0 saturated carbocycles. The minimum Gasteiger partial charge on any atom is -0.382 e. The molecule has 1 aliphatic rings. The Morgan fingerprint density at radius 3 is 2.88 bits per heavy atom. The van der Waals surface area contributed by atoms with E-state index in [1.54, 1.807) is 13.2 Å². The van der Waals surface area contributed by atoms with Crippen LogP contribution in [0.5, 0.6) is 0 Å². The van der Waals surface area contributed by atoms with Gasteiger partial charge in [0.1, 0.15) is 11.6 Å². The number of ether oxygens (including phenoxy) is 1. The molecule has 0 radical (unpaired) electrons. The Morgan fingerprint density at radius 2 is 2.25 bits per heavy atom. The van der Waals surface area contributed by atoms with Crippen LogP contribution in [0, 0.1) is 0 Å².